The molecule has 0 rings (SSSR count). The summed E-state index contributed by atoms with van der Waals surface area (Å²) < 4.78 is 0. The van der Waals surface area contributed by atoms with E-state index in [1.54, 1.807) is 6.92 Å². The van der Waals surface area contributed by atoms with Crippen LogP contribution in [0.15, 0.2) is 0 Å². The molecule has 0 aromatic heterocycles. The fraction of sp³-hybridized carbons (Fsp3) is 0.857. The lowest BCUT2D eigenvalue weighted by Crippen LogP contribution is -2.24. The van der Waals surface area contributed by atoms with Crippen molar-refractivity contribution in [1.29, 1.82) is 0 Å². The quantitative estimate of drug-likeness (QED) is 0.609. The SMILES string of the molecule is CCNCC(C)C(C)=O. The van der Waals surface area contributed by atoms with Crippen molar-refractivity contribution in [2.24, 2.45) is 5.92 Å². The van der Waals surface area contributed by atoms with E-state index in [9.17, 15) is 4.79 Å². The Morgan fingerprint density at radius 3 is 2.56 bits per heavy atom. The zero-order valence-corrected chi connectivity index (χ0v) is 6.40. The number of carbonyl (C=O) groups is 1. The van der Waals surface area contributed by atoms with Gasteiger partial charge in [0.15, 0.2) is 0 Å². The van der Waals surface area contributed by atoms with Crippen LogP contribution >= 0.6 is 0 Å². The maximum Gasteiger partial charge on any atom is 0.133 e. The summed E-state index contributed by atoms with van der Waals surface area (Å²) in [6, 6.07) is 0. The summed E-state index contributed by atoms with van der Waals surface area (Å²) in [5.74, 6) is 0.431. The topological polar surface area (TPSA) is 29.1 Å². The van der Waals surface area contributed by atoms with Crippen molar-refractivity contribution in [2.75, 3.05) is 13.1 Å². The number of Topliss-reactive ketones (excluding diaryl/α,β-unsaturated/α-hetero) is 1. The highest BCUT2D eigenvalue weighted by atomic mass is 16.1. The molecule has 0 bridgehead atoms. The molecule has 0 spiro atoms. The van der Waals surface area contributed by atoms with Gasteiger partial charge in [0.2, 0.25) is 0 Å². The Morgan fingerprint density at radius 2 is 2.22 bits per heavy atom. The summed E-state index contributed by atoms with van der Waals surface area (Å²) in [5.41, 5.74) is 0. The first kappa shape index (κ1) is 8.63. The highest BCUT2D eigenvalue weighted by Crippen LogP contribution is 1.92. The molecule has 0 amide bonds. The first-order valence-electron chi connectivity index (χ1n) is 3.39. The van der Waals surface area contributed by atoms with Gasteiger partial charge in [-0.25, -0.2) is 0 Å². The highest BCUT2D eigenvalue weighted by molar-refractivity contribution is 5.78. The van der Waals surface area contributed by atoms with Crippen molar-refractivity contribution in [1.82, 2.24) is 5.32 Å². The predicted octanol–water partition coefficient (Wildman–Crippen LogP) is 0.821. The molecule has 0 aliphatic rings. The second-order valence-corrected chi connectivity index (χ2v) is 2.32. The molecule has 0 aliphatic heterocycles. The molecule has 1 unspecified atom stereocenters. The van der Waals surface area contributed by atoms with E-state index in [2.05, 4.69) is 5.32 Å². The summed E-state index contributed by atoms with van der Waals surface area (Å²) in [6.07, 6.45) is 0. The lowest BCUT2D eigenvalue weighted by molar-refractivity contribution is -0.120. The van der Waals surface area contributed by atoms with Crippen molar-refractivity contribution in [3.05, 3.63) is 0 Å². The third-order valence-corrected chi connectivity index (χ3v) is 1.39. The highest BCUT2D eigenvalue weighted by Gasteiger charge is 2.04. The average molecular weight is 129 g/mol. The lowest BCUT2D eigenvalue weighted by atomic mass is 10.1. The van der Waals surface area contributed by atoms with Gasteiger partial charge < -0.3 is 5.32 Å². The van der Waals surface area contributed by atoms with Gasteiger partial charge in [-0.2, -0.15) is 0 Å². The normalized spacial score (nSPS) is 13.2. The molecule has 0 heterocycles. The van der Waals surface area contributed by atoms with Crippen molar-refractivity contribution in [2.45, 2.75) is 20.8 Å². The third-order valence-electron chi connectivity index (χ3n) is 1.39. The van der Waals surface area contributed by atoms with Gasteiger partial charge in [0, 0.05) is 12.5 Å². The second kappa shape index (κ2) is 4.50. The average Bonchev–Trinajstić information content (AvgIpc) is 1.82. The number of hydrogen-bond donors (Lipinski definition) is 1. The molecule has 0 aromatic carbocycles. The fourth-order valence-corrected chi connectivity index (χ4v) is 0.505. The van der Waals surface area contributed by atoms with Gasteiger partial charge >= 0.3 is 0 Å². The molecule has 54 valence electrons. The van der Waals surface area contributed by atoms with E-state index < -0.39 is 0 Å². The molecule has 0 saturated heterocycles. The van der Waals surface area contributed by atoms with Crippen LogP contribution in [0.3, 0.4) is 0 Å². The van der Waals surface area contributed by atoms with Crippen molar-refractivity contribution in [3.63, 3.8) is 0 Å². The van der Waals surface area contributed by atoms with Crippen LogP contribution < -0.4 is 5.32 Å². The van der Waals surface area contributed by atoms with Gasteiger partial charge in [0.1, 0.15) is 5.78 Å². The molecule has 0 aromatic rings. The Morgan fingerprint density at radius 1 is 1.67 bits per heavy atom. The smallest absolute Gasteiger partial charge is 0.133 e. The molecule has 2 nitrogen and oxygen atoms in total. The Hall–Kier alpha value is -0.370. The van der Waals surface area contributed by atoms with E-state index >= 15 is 0 Å². The molecule has 0 radical (unpaired) electrons. The summed E-state index contributed by atoms with van der Waals surface area (Å²) >= 11 is 0. The Labute approximate surface area is 56.6 Å². The monoisotopic (exact) mass is 129 g/mol. The van der Waals surface area contributed by atoms with Crippen LogP contribution in [0.5, 0.6) is 0 Å². The first-order chi connectivity index (χ1) is 4.18. The van der Waals surface area contributed by atoms with Gasteiger partial charge in [-0.05, 0) is 13.5 Å². The van der Waals surface area contributed by atoms with Gasteiger partial charge in [-0.1, -0.05) is 13.8 Å². The molecular weight excluding hydrogens is 114 g/mol. The third kappa shape index (κ3) is 4.15. The Bertz CT molecular complexity index is 90.9. The maximum absolute atomic E-state index is 10.6. The zero-order valence-electron chi connectivity index (χ0n) is 6.40. The molecule has 0 fully saturated rings. The number of carbonyl (C=O) groups excluding carboxylic acids is 1. The van der Waals surface area contributed by atoms with E-state index in [1.807, 2.05) is 13.8 Å². The first-order valence-corrected chi connectivity index (χ1v) is 3.39. The van der Waals surface area contributed by atoms with Crippen LogP contribution in [0.1, 0.15) is 20.8 Å². The van der Waals surface area contributed by atoms with Crippen molar-refractivity contribution < 1.29 is 4.79 Å². The van der Waals surface area contributed by atoms with Crippen molar-refractivity contribution >= 4 is 5.78 Å². The fourth-order valence-electron chi connectivity index (χ4n) is 0.505. The number of rotatable bonds is 4. The minimum absolute atomic E-state index is 0.171. The summed E-state index contributed by atoms with van der Waals surface area (Å²) in [5, 5.41) is 3.11. The summed E-state index contributed by atoms with van der Waals surface area (Å²) in [7, 11) is 0. The molecule has 1 atom stereocenters. The summed E-state index contributed by atoms with van der Waals surface area (Å²) in [6.45, 7) is 7.35. The molecule has 9 heavy (non-hydrogen) atoms. The lowest BCUT2D eigenvalue weighted by Gasteiger charge is -2.05. The Kier molecular flexibility index (Phi) is 4.32. The Balaban J connectivity index is 3.27. The van der Waals surface area contributed by atoms with E-state index in [0.717, 1.165) is 13.1 Å². The molecule has 2 heteroatoms. The number of nitrogens with one attached hydrogen (secondary N) is 1. The van der Waals surface area contributed by atoms with E-state index in [-0.39, 0.29) is 11.7 Å². The van der Waals surface area contributed by atoms with E-state index in [1.165, 1.54) is 0 Å². The van der Waals surface area contributed by atoms with Crippen LogP contribution in [-0.2, 0) is 4.79 Å². The minimum Gasteiger partial charge on any atom is -0.316 e. The van der Waals surface area contributed by atoms with Crippen LogP contribution in [0.25, 0.3) is 0 Å². The predicted molar refractivity (Wildman–Crippen MR) is 38.4 cm³/mol. The number of ketones is 1. The van der Waals surface area contributed by atoms with Crippen LogP contribution in [0.4, 0.5) is 0 Å². The standard InChI is InChI=1S/C7H15NO/c1-4-8-5-6(2)7(3)9/h6,8H,4-5H2,1-3H3. The van der Waals surface area contributed by atoms with Crippen LogP contribution in [0, 0.1) is 5.92 Å². The minimum atomic E-state index is 0.171. The molecule has 0 aliphatic carbocycles. The molecule has 0 saturated carbocycles. The van der Waals surface area contributed by atoms with E-state index in [4.69, 9.17) is 0 Å². The maximum atomic E-state index is 10.6. The van der Waals surface area contributed by atoms with E-state index in [0.29, 0.717) is 0 Å². The van der Waals surface area contributed by atoms with Gasteiger partial charge in [-0.3, -0.25) is 4.79 Å². The second-order valence-electron chi connectivity index (χ2n) is 2.32. The van der Waals surface area contributed by atoms with Gasteiger partial charge in [-0.15, -0.1) is 0 Å². The summed E-state index contributed by atoms with van der Waals surface area (Å²) in [4.78, 5) is 10.6. The zero-order chi connectivity index (χ0) is 7.28. The van der Waals surface area contributed by atoms with Crippen LogP contribution in [0.2, 0.25) is 0 Å². The molecule has 1 N–H and O–H groups in total. The van der Waals surface area contributed by atoms with Crippen molar-refractivity contribution in [3.8, 4) is 0 Å². The van der Waals surface area contributed by atoms with Crippen LogP contribution in [-0.4, -0.2) is 18.9 Å². The number of hydrogen-bond acceptors (Lipinski definition) is 2. The largest absolute Gasteiger partial charge is 0.316 e. The van der Waals surface area contributed by atoms with Gasteiger partial charge in [0.25, 0.3) is 0 Å². The van der Waals surface area contributed by atoms with Gasteiger partial charge in [0.05, 0.1) is 0 Å². The molecular formula is C7H15NO.